The Morgan fingerprint density at radius 2 is 1.11 bits per heavy atom. The fourth-order valence-electron chi connectivity index (χ4n) is 7.63. The molecule has 14 heteroatoms. The molecule has 0 amide bonds. The minimum atomic E-state index is -1.26. The van der Waals surface area contributed by atoms with Crippen molar-refractivity contribution in [2.75, 3.05) is 42.0 Å². The Morgan fingerprint density at radius 1 is 0.625 bits per heavy atom. The maximum atomic E-state index is 14.0. The van der Waals surface area contributed by atoms with Crippen LogP contribution in [0.1, 0.15) is 33.3 Å². The minimum absolute atomic E-state index is 0.0214. The van der Waals surface area contributed by atoms with Crippen LogP contribution in [0.5, 0.6) is 57.5 Å². The second-order valence-electron chi connectivity index (χ2n) is 13.1. The molecule has 0 aromatic heterocycles. The van der Waals surface area contributed by atoms with Crippen molar-refractivity contribution in [1.29, 1.82) is 0 Å². The molecule has 6 aromatic rings. The van der Waals surface area contributed by atoms with E-state index in [4.69, 9.17) is 47.4 Å². The zero-order valence-electron chi connectivity index (χ0n) is 30.5. The molecule has 0 radical (unpaired) electrons. The van der Waals surface area contributed by atoms with Gasteiger partial charge in [0.15, 0.2) is 46.0 Å². The van der Waals surface area contributed by atoms with Crippen molar-refractivity contribution in [3.8, 4) is 79.7 Å². The second-order valence-corrected chi connectivity index (χ2v) is 13.1. The number of ether oxygens (including phenoxy) is 10. The Hall–Kier alpha value is -6.77. The van der Waals surface area contributed by atoms with Crippen LogP contribution in [-0.2, 0) is 22.7 Å². The van der Waals surface area contributed by atoms with Crippen LogP contribution in [0.25, 0.3) is 43.8 Å². The van der Waals surface area contributed by atoms with E-state index in [1.807, 2.05) is 0 Å². The molecule has 0 saturated carbocycles. The summed E-state index contributed by atoms with van der Waals surface area (Å²) >= 11 is 0. The highest BCUT2D eigenvalue weighted by atomic mass is 16.7. The van der Waals surface area contributed by atoms with Crippen LogP contribution < -0.4 is 43.0 Å². The number of esters is 1. The second kappa shape index (κ2) is 13.5. The van der Waals surface area contributed by atoms with E-state index >= 15 is 0 Å². The number of aromatic hydroxyl groups is 2. The van der Waals surface area contributed by atoms with Gasteiger partial charge in [-0.15, -0.1) is 6.61 Å². The van der Waals surface area contributed by atoms with Gasteiger partial charge >= 0.3 is 5.97 Å². The van der Waals surface area contributed by atoms with Gasteiger partial charge in [0.05, 0.1) is 40.6 Å². The zero-order chi connectivity index (χ0) is 38.8. The third-order valence-electron chi connectivity index (χ3n) is 10.2. The van der Waals surface area contributed by atoms with Gasteiger partial charge < -0.3 is 62.7 Å². The molecule has 0 saturated heterocycles. The van der Waals surface area contributed by atoms with E-state index in [-0.39, 0.29) is 42.8 Å². The summed E-state index contributed by atoms with van der Waals surface area (Å²) in [7, 11) is 6.04. The van der Waals surface area contributed by atoms with Gasteiger partial charge in [0.1, 0.15) is 11.5 Å². The van der Waals surface area contributed by atoms with E-state index in [1.165, 1.54) is 40.6 Å². The molecule has 0 aliphatic carbocycles. The van der Waals surface area contributed by atoms with Crippen molar-refractivity contribution in [3.05, 3.63) is 82.9 Å². The molecular weight excluding hydrogens is 728 g/mol. The lowest BCUT2D eigenvalue weighted by Gasteiger charge is -2.23. The van der Waals surface area contributed by atoms with Crippen molar-refractivity contribution in [2.45, 2.75) is 19.5 Å². The van der Waals surface area contributed by atoms with Gasteiger partial charge in [0.2, 0.25) is 19.9 Å². The van der Waals surface area contributed by atoms with E-state index in [0.29, 0.717) is 101 Å². The SMILES string of the molecule is COc1cc2cc(C[O-])c(COC3OC(=O)c4c3cc3cc(OC)c(OC)cc3c4-c3cc4c(cc3O)OCO4)c(-c3cc4c(cc3O)OCO4)c2cc1OC. The highest BCUT2D eigenvalue weighted by molar-refractivity contribution is 6.12. The number of hydrogen-bond acceptors (Lipinski definition) is 14. The van der Waals surface area contributed by atoms with Gasteiger partial charge in [-0.2, -0.15) is 0 Å². The van der Waals surface area contributed by atoms with Crippen molar-refractivity contribution in [3.63, 3.8) is 0 Å². The van der Waals surface area contributed by atoms with Gasteiger partial charge in [0, 0.05) is 34.4 Å². The zero-order valence-corrected chi connectivity index (χ0v) is 30.5. The van der Waals surface area contributed by atoms with Crippen LogP contribution in [0.15, 0.2) is 60.7 Å². The van der Waals surface area contributed by atoms with E-state index in [1.54, 1.807) is 48.5 Å². The molecule has 56 heavy (non-hydrogen) atoms. The van der Waals surface area contributed by atoms with Gasteiger partial charge in [-0.05, 0) is 75.1 Å². The van der Waals surface area contributed by atoms with E-state index in [0.717, 1.165) is 0 Å². The molecular formula is C42H33O14-. The first kappa shape index (κ1) is 35.0. The Morgan fingerprint density at radius 3 is 1.64 bits per heavy atom. The van der Waals surface area contributed by atoms with Gasteiger partial charge in [-0.1, -0.05) is 11.6 Å². The smallest absolute Gasteiger partial charge is 0.341 e. The van der Waals surface area contributed by atoms with Crippen LogP contribution in [0.3, 0.4) is 0 Å². The average Bonchev–Trinajstić information content (AvgIpc) is 3.95. The quantitative estimate of drug-likeness (QED) is 0.145. The Balaban J connectivity index is 1.22. The monoisotopic (exact) mass is 761 g/mol. The number of methoxy groups -OCH3 is 4. The summed E-state index contributed by atoms with van der Waals surface area (Å²) in [5.41, 5.74) is 2.76. The number of hydrogen-bond donors (Lipinski definition) is 2. The summed E-state index contributed by atoms with van der Waals surface area (Å²) < 4.78 is 57.1. The molecule has 3 aliphatic rings. The average molecular weight is 762 g/mol. The molecule has 0 fully saturated rings. The fraction of sp³-hybridized carbons (Fsp3) is 0.214. The summed E-state index contributed by atoms with van der Waals surface area (Å²) in [5, 5.41) is 38.2. The number of phenols is 2. The molecule has 9 rings (SSSR count). The summed E-state index contributed by atoms with van der Waals surface area (Å²) in [6, 6.07) is 16.6. The van der Waals surface area contributed by atoms with Crippen molar-refractivity contribution >= 4 is 27.5 Å². The predicted molar refractivity (Wildman–Crippen MR) is 197 cm³/mol. The Bertz CT molecular complexity index is 2620. The lowest BCUT2D eigenvalue weighted by atomic mass is 9.88. The highest BCUT2D eigenvalue weighted by Crippen LogP contribution is 2.52. The maximum Gasteiger partial charge on any atom is 0.341 e. The summed E-state index contributed by atoms with van der Waals surface area (Å²) in [4.78, 5) is 14.0. The molecule has 0 bridgehead atoms. The van der Waals surface area contributed by atoms with E-state index in [9.17, 15) is 20.1 Å². The van der Waals surface area contributed by atoms with Gasteiger partial charge in [0.25, 0.3) is 0 Å². The first-order valence-corrected chi connectivity index (χ1v) is 17.3. The number of fused-ring (bicyclic) bond motifs is 5. The third-order valence-corrected chi connectivity index (χ3v) is 10.2. The molecule has 2 N–H and O–H groups in total. The lowest BCUT2D eigenvalue weighted by Crippen LogP contribution is -2.11. The highest BCUT2D eigenvalue weighted by Gasteiger charge is 2.38. The largest absolute Gasteiger partial charge is 0.851 e. The molecule has 3 heterocycles. The molecule has 0 spiro atoms. The summed E-state index contributed by atoms with van der Waals surface area (Å²) in [6.45, 7) is -0.938. The molecule has 14 nitrogen and oxygen atoms in total. The van der Waals surface area contributed by atoms with E-state index in [2.05, 4.69) is 0 Å². The number of cyclic esters (lactones) is 1. The topological polar surface area (TPSA) is 173 Å². The fourth-order valence-corrected chi connectivity index (χ4v) is 7.63. The van der Waals surface area contributed by atoms with Crippen LogP contribution in [-0.4, -0.2) is 58.2 Å². The maximum absolute atomic E-state index is 14.0. The first-order chi connectivity index (χ1) is 27.2. The molecule has 286 valence electrons. The summed E-state index contributed by atoms with van der Waals surface area (Å²) in [5.74, 6) is 2.22. The van der Waals surface area contributed by atoms with Gasteiger partial charge in [-0.3, -0.25) is 0 Å². The van der Waals surface area contributed by atoms with Crippen molar-refractivity contribution in [2.24, 2.45) is 0 Å². The van der Waals surface area contributed by atoms with Crippen molar-refractivity contribution < 1.29 is 67.5 Å². The van der Waals surface area contributed by atoms with Crippen molar-refractivity contribution in [1.82, 2.24) is 0 Å². The number of carbonyl (C=O) groups excluding carboxylic acids is 1. The van der Waals surface area contributed by atoms with E-state index < -0.39 is 18.9 Å². The molecule has 6 aromatic carbocycles. The molecule has 1 atom stereocenters. The molecule has 3 aliphatic heterocycles. The number of rotatable bonds is 10. The van der Waals surface area contributed by atoms with Crippen LogP contribution in [0.4, 0.5) is 0 Å². The normalized spacial score (nSPS) is 14.9. The van der Waals surface area contributed by atoms with Crippen LogP contribution in [0, 0.1) is 0 Å². The minimum Gasteiger partial charge on any atom is -0.851 e. The van der Waals surface area contributed by atoms with Crippen LogP contribution >= 0.6 is 0 Å². The summed E-state index contributed by atoms with van der Waals surface area (Å²) in [6.07, 6.45) is -1.26. The number of benzene rings is 6. The lowest BCUT2D eigenvalue weighted by molar-refractivity contribution is -0.386. The standard InChI is InChI=1S/C42H33O14/c1-47-30-7-19-5-21(15-43)27(38(22(19)9-32(30)49-3)24-11-34-36(13-28(24)44)54-17-52-34)16-51-42-26-6-20-8-31(48-2)33(50-4)10-23(20)39(40(26)41(46)56-42)25-12-35-37(14-29(25)45)55-18-53-35/h5-14,42,44-45H,15-18H2,1-4H3/q-1. The number of phenolic OH excluding ortho intramolecular Hbond substituents is 2. The number of carbonyl (C=O) groups is 1. The van der Waals surface area contributed by atoms with Gasteiger partial charge in [-0.25, -0.2) is 4.79 Å². The third kappa shape index (κ3) is 5.44. The Labute approximate surface area is 318 Å². The Kier molecular flexibility index (Phi) is 8.44. The first-order valence-electron chi connectivity index (χ1n) is 17.3. The molecule has 1 unspecified atom stereocenters. The van der Waals surface area contributed by atoms with Crippen LogP contribution in [0.2, 0.25) is 0 Å². The predicted octanol–water partition coefficient (Wildman–Crippen LogP) is 6.48.